The Hall–Kier alpha value is -0.690. The summed E-state index contributed by atoms with van der Waals surface area (Å²) in [7, 11) is 0. The Balaban J connectivity index is 0.00000182. The zero-order valence-electron chi connectivity index (χ0n) is 16.2. The van der Waals surface area contributed by atoms with E-state index in [1.54, 1.807) is 0 Å². The topological polar surface area (TPSA) is 87.9 Å². The zero-order chi connectivity index (χ0) is 17.9. The van der Waals surface area contributed by atoms with Gasteiger partial charge in [0.05, 0.1) is 11.4 Å². The average Bonchev–Trinajstić information content (AvgIpc) is 2.61. The van der Waals surface area contributed by atoms with E-state index < -0.39 is 23.2 Å². The number of amides is 1. The molecular formula is C20H20N2Na2O3. The summed E-state index contributed by atoms with van der Waals surface area (Å²) in [4.78, 5) is 19.4. The monoisotopic (exact) mass is 382 g/mol. The van der Waals surface area contributed by atoms with E-state index in [0.29, 0.717) is 25.7 Å². The fourth-order valence-corrected chi connectivity index (χ4v) is 3.39. The van der Waals surface area contributed by atoms with Crippen LogP contribution in [0.2, 0.25) is 0 Å². The summed E-state index contributed by atoms with van der Waals surface area (Å²) in [5.74, 6) is -1.27. The van der Waals surface area contributed by atoms with E-state index in [2.05, 4.69) is 9.98 Å². The maximum atomic E-state index is 12.5. The standard InChI is InChI=1S/C20H22N2O3.2Na/c1-2-3-12-20(17(23)21-19(25)22-18(20)24)13-11-15-9-6-8-14-7-4-5-10-16(14)15;;/h4-10H,2-3,11-13H2,1H3,(H2,21,22,23,24,25);;/q;2*+1/p-2. The molecule has 1 aliphatic rings. The summed E-state index contributed by atoms with van der Waals surface area (Å²) in [6.07, 6.45) is 2.82. The predicted octanol–water partition coefficient (Wildman–Crippen LogP) is -4.03. The SMILES string of the molecule is CCCCC1(CCc2cccc3ccccc23)C(=O)N=C([O-])N=C1[O-].[Na+].[Na+]. The van der Waals surface area contributed by atoms with Crippen LogP contribution in [-0.4, -0.2) is 17.8 Å². The first kappa shape index (κ1) is 24.3. The van der Waals surface area contributed by atoms with Crippen molar-refractivity contribution in [2.75, 3.05) is 0 Å². The molecule has 2 aromatic rings. The molecule has 0 aliphatic carbocycles. The van der Waals surface area contributed by atoms with Crippen molar-refractivity contribution in [2.24, 2.45) is 15.4 Å². The summed E-state index contributed by atoms with van der Waals surface area (Å²) in [5, 5.41) is 26.0. The third-order valence-corrected chi connectivity index (χ3v) is 4.87. The van der Waals surface area contributed by atoms with Crippen molar-refractivity contribution in [3.8, 4) is 0 Å². The summed E-state index contributed by atoms with van der Waals surface area (Å²) >= 11 is 0. The third-order valence-electron chi connectivity index (χ3n) is 4.87. The van der Waals surface area contributed by atoms with E-state index in [-0.39, 0.29) is 59.1 Å². The molecule has 1 heterocycles. The Labute approximate surface area is 203 Å². The van der Waals surface area contributed by atoms with Crippen molar-refractivity contribution < 1.29 is 74.1 Å². The molecule has 27 heavy (non-hydrogen) atoms. The molecule has 0 radical (unpaired) electrons. The Morgan fingerprint density at radius 2 is 1.67 bits per heavy atom. The number of carbonyl (C=O) groups is 1. The Morgan fingerprint density at radius 3 is 2.37 bits per heavy atom. The van der Waals surface area contributed by atoms with E-state index in [1.165, 1.54) is 0 Å². The van der Waals surface area contributed by atoms with Crippen molar-refractivity contribution in [2.45, 2.75) is 39.0 Å². The van der Waals surface area contributed by atoms with Gasteiger partial charge in [-0.25, -0.2) is 4.99 Å². The third kappa shape index (κ3) is 5.22. The van der Waals surface area contributed by atoms with Crippen LogP contribution >= 0.6 is 0 Å². The number of hydrogen-bond acceptors (Lipinski definition) is 4. The van der Waals surface area contributed by atoms with Gasteiger partial charge in [0.2, 0.25) is 0 Å². The van der Waals surface area contributed by atoms with Crippen LogP contribution in [0.5, 0.6) is 0 Å². The number of nitrogens with zero attached hydrogens (tertiary/aromatic N) is 2. The molecule has 0 fully saturated rings. The second-order valence-corrected chi connectivity index (χ2v) is 6.44. The maximum absolute atomic E-state index is 12.5. The molecule has 130 valence electrons. The molecule has 1 amide bonds. The number of amidine groups is 1. The number of rotatable bonds is 6. The maximum Gasteiger partial charge on any atom is 1.00 e. The minimum absolute atomic E-state index is 0. The average molecular weight is 382 g/mol. The molecule has 7 heteroatoms. The molecule has 1 unspecified atom stereocenters. The molecule has 0 aromatic heterocycles. The van der Waals surface area contributed by atoms with Gasteiger partial charge >= 0.3 is 59.1 Å². The van der Waals surface area contributed by atoms with Crippen molar-refractivity contribution in [1.29, 1.82) is 0 Å². The largest absolute Gasteiger partial charge is 1.00 e. The van der Waals surface area contributed by atoms with Crippen LogP contribution in [0.1, 0.15) is 38.2 Å². The fraction of sp³-hybridized carbons (Fsp3) is 0.350. The van der Waals surface area contributed by atoms with Gasteiger partial charge in [-0.15, -0.1) is 0 Å². The number of aliphatic imine (C=N–C) groups is 2. The molecular weight excluding hydrogens is 362 g/mol. The van der Waals surface area contributed by atoms with Gasteiger partial charge in [0, 0.05) is 0 Å². The first-order valence-corrected chi connectivity index (χ1v) is 8.60. The number of hydrogen-bond donors (Lipinski definition) is 0. The van der Waals surface area contributed by atoms with Gasteiger partial charge in [0.1, 0.15) is 0 Å². The number of carbonyl (C=O) groups excluding carboxylic acids is 1. The van der Waals surface area contributed by atoms with E-state index in [9.17, 15) is 15.0 Å². The number of unbranched alkanes of at least 4 members (excludes halogenated alkanes) is 1. The van der Waals surface area contributed by atoms with Crippen LogP contribution in [0, 0.1) is 5.41 Å². The molecule has 0 N–H and O–H groups in total. The molecule has 0 spiro atoms. The van der Waals surface area contributed by atoms with Crippen LogP contribution in [0.25, 0.3) is 10.8 Å². The quantitative estimate of drug-likeness (QED) is 0.477. The molecule has 1 atom stereocenters. The van der Waals surface area contributed by atoms with E-state index in [0.717, 1.165) is 22.8 Å². The van der Waals surface area contributed by atoms with Gasteiger partial charge in [0.25, 0.3) is 5.91 Å². The molecule has 3 rings (SSSR count). The van der Waals surface area contributed by atoms with Gasteiger partial charge in [0.15, 0.2) is 0 Å². The molecule has 0 saturated heterocycles. The first-order valence-electron chi connectivity index (χ1n) is 8.60. The van der Waals surface area contributed by atoms with Crippen molar-refractivity contribution >= 4 is 28.6 Å². The smallest absolute Gasteiger partial charge is 0.861 e. The molecule has 2 aromatic carbocycles. The van der Waals surface area contributed by atoms with Gasteiger partial charge < -0.3 is 10.2 Å². The summed E-state index contributed by atoms with van der Waals surface area (Å²) in [6, 6.07) is 13.1. The van der Waals surface area contributed by atoms with Crippen LogP contribution in [0.3, 0.4) is 0 Å². The van der Waals surface area contributed by atoms with Crippen molar-refractivity contribution in [3.05, 3.63) is 48.0 Å². The molecule has 0 bridgehead atoms. The Bertz CT molecular complexity index is 862. The van der Waals surface area contributed by atoms with Crippen molar-refractivity contribution in [1.82, 2.24) is 0 Å². The van der Waals surface area contributed by atoms with Gasteiger partial charge in [-0.05, 0) is 41.5 Å². The second-order valence-electron chi connectivity index (χ2n) is 6.44. The molecule has 1 aliphatic heterocycles. The normalized spacial score (nSPS) is 18.9. The fourth-order valence-electron chi connectivity index (χ4n) is 3.39. The van der Waals surface area contributed by atoms with Crippen LogP contribution in [-0.2, 0) is 11.2 Å². The number of aryl methyl sites for hydroxylation is 1. The van der Waals surface area contributed by atoms with Gasteiger partial charge in [-0.1, -0.05) is 62.2 Å². The predicted molar refractivity (Wildman–Crippen MR) is 94.1 cm³/mol. The van der Waals surface area contributed by atoms with E-state index >= 15 is 0 Å². The van der Waals surface area contributed by atoms with Crippen LogP contribution in [0.4, 0.5) is 0 Å². The van der Waals surface area contributed by atoms with E-state index in [1.807, 2.05) is 49.4 Å². The molecule has 0 saturated carbocycles. The first-order chi connectivity index (χ1) is 12.1. The van der Waals surface area contributed by atoms with Crippen LogP contribution < -0.4 is 69.3 Å². The second kappa shape index (κ2) is 10.7. The summed E-state index contributed by atoms with van der Waals surface area (Å²) in [5.41, 5.74) is -0.215. The Morgan fingerprint density at radius 1 is 0.963 bits per heavy atom. The van der Waals surface area contributed by atoms with Crippen molar-refractivity contribution in [3.63, 3.8) is 0 Å². The van der Waals surface area contributed by atoms with Crippen LogP contribution in [0.15, 0.2) is 52.4 Å². The van der Waals surface area contributed by atoms with Gasteiger partial charge in [-0.2, -0.15) is 0 Å². The summed E-state index contributed by atoms with van der Waals surface area (Å²) in [6.45, 7) is 2.00. The molecule has 5 nitrogen and oxygen atoms in total. The van der Waals surface area contributed by atoms with E-state index in [4.69, 9.17) is 0 Å². The number of fused-ring (bicyclic) bond motifs is 1. The summed E-state index contributed by atoms with van der Waals surface area (Å²) < 4.78 is 0. The number of benzene rings is 2. The Kier molecular flexibility index (Phi) is 9.69. The van der Waals surface area contributed by atoms with Gasteiger partial charge in [-0.3, -0.25) is 9.79 Å². The minimum atomic E-state index is -1.29. The minimum Gasteiger partial charge on any atom is -0.861 e. The zero-order valence-corrected chi connectivity index (χ0v) is 20.2.